The molecular weight excluding hydrogens is 380 g/mol. The number of benzene rings is 2. The zero-order valence-corrected chi connectivity index (χ0v) is 18.0. The molecule has 0 radical (unpaired) electrons. The van der Waals surface area contributed by atoms with Crippen LogP contribution in [0.5, 0.6) is 11.5 Å². The highest BCUT2D eigenvalue weighted by atomic mass is 16.5. The topological polar surface area (TPSA) is 89.1 Å². The standard InChI is InChI=1S/C23H28N4O3/c1-15(30-19-8-6-7-17(13-19)23(2,3)4)22(28)24-14-20-25-21(27-26-20)16-9-11-18(29-5)12-10-16/h6-13,15H,14H2,1-5H3,(H,24,28)(H,25,26,27). The van der Waals surface area contributed by atoms with E-state index in [0.29, 0.717) is 17.4 Å². The molecule has 0 aliphatic carbocycles. The molecule has 0 aliphatic heterocycles. The molecule has 0 spiro atoms. The highest BCUT2D eigenvalue weighted by molar-refractivity contribution is 5.80. The van der Waals surface area contributed by atoms with Crippen molar-refractivity contribution in [1.29, 1.82) is 0 Å². The minimum absolute atomic E-state index is 0.0126. The van der Waals surface area contributed by atoms with Crippen molar-refractivity contribution in [1.82, 2.24) is 20.5 Å². The Labute approximate surface area is 176 Å². The van der Waals surface area contributed by atoms with Crippen molar-refractivity contribution >= 4 is 5.91 Å². The third-order valence-corrected chi connectivity index (χ3v) is 4.69. The van der Waals surface area contributed by atoms with Gasteiger partial charge in [-0.1, -0.05) is 32.9 Å². The summed E-state index contributed by atoms with van der Waals surface area (Å²) in [6.45, 7) is 8.37. The normalized spacial score (nSPS) is 12.3. The van der Waals surface area contributed by atoms with Crippen LogP contribution in [0.25, 0.3) is 11.4 Å². The quantitative estimate of drug-likeness (QED) is 0.620. The van der Waals surface area contributed by atoms with Crippen LogP contribution in [0.4, 0.5) is 0 Å². The molecule has 1 unspecified atom stereocenters. The summed E-state index contributed by atoms with van der Waals surface area (Å²) >= 11 is 0. The summed E-state index contributed by atoms with van der Waals surface area (Å²) in [6.07, 6.45) is -0.635. The molecule has 0 saturated carbocycles. The Morgan fingerprint density at radius 1 is 1.13 bits per heavy atom. The predicted octanol–water partition coefficient (Wildman–Crippen LogP) is 3.86. The van der Waals surface area contributed by atoms with Crippen LogP contribution >= 0.6 is 0 Å². The van der Waals surface area contributed by atoms with E-state index >= 15 is 0 Å². The van der Waals surface area contributed by atoms with E-state index in [1.165, 1.54) is 0 Å². The number of hydrogen-bond donors (Lipinski definition) is 2. The molecule has 1 atom stereocenters. The van der Waals surface area contributed by atoms with Crippen LogP contribution in [-0.2, 0) is 16.8 Å². The van der Waals surface area contributed by atoms with Gasteiger partial charge in [0.1, 0.15) is 17.3 Å². The van der Waals surface area contributed by atoms with E-state index in [0.717, 1.165) is 16.9 Å². The van der Waals surface area contributed by atoms with Crippen LogP contribution in [-0.4, -0.2) is 34.3 Å². The van der Waals surface area contributed by atoms with E-state index in [1.54, 1.807) is 14.0 Å². The molecule has 7 nitrogen and oxygen atoms in total. The summed E-state index contributed by atoms with van der Waals surface area (Å²) in [5.74, 6) is 2.34. The van der Waals surface area contributed by atoms with E-state index in [-0.39, 0.29) is 17.9 Å². The zero-order valence-electron chi connectivity index (χ0n) is 18.0. The summed E-state index contributed by atoms with van der Waals surface area (Å²) in [6, 6.07) is 15.3. The number of ether oxygens (including phenoxy) is 2. The Morgan fingerprint density at radius 3 is 2.53 bits per heavy atom. The van der Waals surface area contributed by atoms with Gasteiger partial charge in [-0.3, -0.25) is 9.89 Å². The molecule has 0 bridgehead atoms. The number of methoxy groups -OCH3 is 1. The molecular formula is C23H28N4O3. The number of nitrogens with one attached hydrogen (secondary N) is 2. The first kappa shape index (κ1) is 21.4. The van der Waals surface area contributed by atoms with Crippen molar-refractivity contribution in [3.63, 3.8) is 0 Å². The Kier molecular flexibility index (Phi) is 6.40. The molecule has 3 aromatic rings. The zero-order chi connectivity index (χ0) is 21.7. The number of carbonyl (C=O) groups is 1. The second-order valence-corrected chi connectivity index (χ2v) is 8.09. The highest BCUT2D eigenvalue weighted by Gasteiger charge is 2.18. The van der Waals surface area contributed by atoms with Gasteiger partial charge in [0.25, 0.3) is 5.91 Å². The molecule has 2 N–H and O–H groups in total. The minimum Gasteiger partial charge on any atom is -0.497 e. The Balaban J connectivity index is 1.56. The van der Waals surface area contributed by atoms with Crippen molar-refractivity contribution in [2.45, 2.75) is 45.8 Å². The van der Waals surface area contributed by atoms with E-state index in [1.807, 2.05) is 42.5 Å². The maximum atomic E-state index is 12.4. The highest BCUT2D eigenvalue weighted by Crippen LogP contribution is 2.26. The Bertz CT molecular complexity index is 990. The second-order valence-electron chi connectivity index (χ2n) is 8.09. The van der Waals surface area contributed by atoms with Gasteiger partial charge in [-0.15, -0.1) is 0 Å². The molecule has 0 aliphatic rings. The Hall–Kier alpha value is -3.35. The number of aromatic nitrogens is 3. The largest absolute Gasteiger partial charge is 0.497 e. The minimum atomic E-state index is -0.635. The first-order chi connectivity index (χ1) is 14.3. The van der Waals surface area contributed by atoms with Crippen molar-refractivity contribution in [3.05, 3.63) is 59.9 Å². The van der Waals surface area contributed by atoms with Crippen molar-refractivity contribution in [3.8, 4) is 22.9 Å². The van der Waals surface area contributed by atoms with Gasteiger partial charge in [-0.25, -0.2) is 4.98 Å². The van der Waals surface area contributed by atoms with Crippen LogP contribution in [0.1, 0.15) is 39.1 Å². The molecule has 7 heteroatoms. The SMILES string of the molecule is COc1ccc(-c2n[nH]c(CNC(=O)C(C)Oc3cccc(C(C)(C)C)c3)n2)cc1. The monoisotopic (exact) mass is 408 g/mol. The molecule has 2 aromatic carbocycles. The van der Waals surface area contributed by atoms with Crippen LogP contribution in [0.2, 0.25) is 0 Å². The predicted molar refractivity (Wildman–Crippen MR) is 115 cm³/mol. The molecule has 1 aromatic heterocycles. The number of H-pyrrole nitrogens is 1. The van der Waals surface area contributed by atoms with Gasteiger partial charge in [-0.05, 0) is 54.3 Å². The van der Waals surface area contributed by atoms with Gasteiger partial charge in [0.15, 0.2) is 11.9 Å². The summed E-state index contributed by atoms with van der Waals surface area (Å²) in [5, 5.41) is 9.89. The first-order valence-electron chi connectivity index (χ1n) is 9.87. The van der Waals surface area contributed by atoms with Gasteiger partial charge in [0, 0.05) is 5.56 Å². The lowest BCUT2D eigenvalue weighted by atomic mass is 9.87. The number of hydrogen-bond acceptors (Lipinski definition) is 5. The average molecular weight is 409 g/mol. The van der Waals surface area contributed by atoms with Crippen LogP contribution in [0.15, 0.2) is 48.5 Å². The van der Waals surface area contributed by atoms with Crippen LogP contribution in [0, 0.1) is 0 Å². The fraction of sp³-hybridized carbons (Fsp3) is 0.348. The van der Waals surface area contributed by atoms with E-state index in [9.17, 15) is 4.79 Å². The average Bonchev–Trinajstić information content (AvgIpc) is 3.20. The smallest absolute Gasteiger partial charge is 0.261 e. The second kappa shape index (κ2) is 8.98. The summed E-state index contributed by atoms with van der Waals surface area (Å²) in [5.41, 5.74) is 2.03. The summed E-state index contributed by atoms with van der Waals surface area (Å²) in [4.78, 5) is 16.9. The van der Waals surface area contributed by atoms with E-state index in [2.05, 4.69) is 47.3 Å². The van der Waals surface area contributed by atoms with Crippen molar-refractivity contribution in [2.75, 3.05) is 7.11 Å². The number of rotatable bonds is 7. The third kappa shape index (κ3) is 5.37. The molecule has 30 heavy (non-hydrogen) atoms. The third-order valence-electron chi connectivity index (χ3n) is 4.69. The lowest BCUT2D eigenvalue weighted by Crippen LogP contribution is -2.36. The van der Waals surface area contributed by atoms with Gasteiger partial charge in [-0.2, -0.15) is 5.10 Å². The maximum Gasteiger partial charge on any atom is 0.261 e. The van der Waals surface area contributed by atoms with Crippen molar-refractivity contribution < 1.29 is 14.3 Å². The summed E-state index contributed by atoms with van der Waals surface area (Å²) in [7, 11) is 1.62. The number of carbonyl (C=O) groups excluding carboxylic acids is 1. The maximum absolute atomic E-state index is 12.4. The fourth-order valence-electron chi connectivity index (χ4n) is 2.85. The van der Waals surface area contributed by atoms with Crippen molar-refractivity contribution in [2.24, 2.45) is 0 Å². The lowest BCUT2D eigenvalue weighted by Gasteiger charge is -2.21. The molecule has 1 heterocycles. The number of nitrogens with zero attached hydrogens (tertiary/aromatic N) is 2. The molecule has 3 rings (SSSR count). The molecule has 0 fully saturated rings. The van der Waals surface area contributed by atoms with Crippen LogP contribution < -0.4 is 14.8 Å². The molecule has 158 valence electrons. The molecule has 1 amide bonds. The molecule has 0 saturated heterocycles. The van der Waals surface area contributed by atoms with Gasteiger partial charge in [0.05, 0.1) is 13.7 Å². The van der Waals surface area contributed by atoms with Crippen LogP contribution in [0.3, 0.4) is 0 Å². The van der Waals surface area contributed by atoms with E-state index < -0.39 is 6.10 Å². The lowest BCUT2D eigenvalue weighted by molar-refractivity contribution is -0.127. The van der Waals surface area contributed by atoms with Gasteiger partial charge >= 0.3 is 0 Å². The fourth-order valence-corrected chi connectivity index (χ4v) is 2.85. The van der Waals surface area contributed by atoms with E-state index in [4.69, 9.17) is 9.47 Å². The number of aromatic amines is 1. The first-order valence-corrected chi connectivity index (χ1v) is 9.87. The summed E-state index contributed by atoms with van der Waals surface area (Å²) < 4.78 is 11.0. The van der Waals surface area contributed by atoms with Gasteiger partial charge < -0.3 is 14.8 Å². The Morgan fingerprint density at radius 2 is 1.87 bits per heavy atom. The van der Waals surface area contributed by atoms with Gasteiger partial charge in [0.2, 0.25) is 0 Å². The number of amides is 1.